The van der Waals surface area contributed by atoms with E-state index in [4.69, 9.17) is 16.7 Å². The van der Waals surface area contributed by atoms with E-state index in [-0.39, 0.29) is 16.7 Å². The van der Waals surface area contributed by atoms with E-state index in [9.17, 15) is 9.59 Å². The molecule has 2 rings (SSSR count). The van der Waals surface area contributed by atoms with Gasteiger partial charge < -0.3 is 10.0 Å². The molecular formula is C15H17BrClNO3. The lowest BCUT2D eigenvalue weighted by molar-refractivity contribution is -0.145. The molecular weight excluding hydrogens is 358 g/mol. The molecule has 0 aliphatic carbocycles. The van der Waals surface area contributed by atoms with Crippen LogP contribution in [0.15, 0.2) is 24.3 Å². The fourth-order valence-corrected chi connectivity index (χ4v) is 3.34. The van der Waals surface area contributed by atoms with Gasteiger partial charge in [-0.1, -0.05) is 45.7 Å². The van der Waals surface area contributed by atoms with E-state index >= 15 is 0 Å². The van der Waals surface area contributed by atoms with Crippen LogP contribution in [0.1, 0.15) is 18.4 Å². The minimum absolute atomic E-state index is 0.00115. The van der Waals surface area contributed by atoms with Crippen LogP contribution in [0.3, 0.4) is 0 Å². The zero-order valence-corrected chi connectivity index (χ0v) is 13.8. The van der Waals surface area contributed by atoms with Gasteiger partial charge in [0.25, 0.3) is 0 Å². The highest BCUT2D eigenvalue weighted by Crippen LogP contribution is 2.23. The molecule has 6 heteroatoms. The second kappa shape index (κ2) is 7.27. The molecule has 0 aromatic heterocycles. The molecule has 1 aliphatic rings. The summed E-state index contributed by atoms with van der Waals surface area (Å²) in [6, 6.07) is 7.46. The van der Waals surface area contributed by atoms with E-state index in [1.807, 2.05) is 18.2 Å². The number of carboxylic acid groups (broad SMARTS) is 1. The third-order valence-corrected chi connectivity index (χ3v) is 4.86. The van der Waals surface area contributed by atoms with Crippen molar-refractivity contribution < 1.29 is 14.7 Å². The summed E-state index contributed by atoms with van der Waals surface area (Å²) in [4.78, 5) is 24.7. The van der Waals surface area contributed by atoms with Gasteiger partial charge >= 0.3 is 5.97 Å². The molecule has 1 aromatic carbocycles. The Balaban J connectivity index is 1.92. The largest absolute Gasteiger partial charge is 0.481 e. The second-order valence-corrected chi connectivity index (χ2v) is 6.71. The number of nitrogens with zero attached hydrogens (tertiary/aromatic N) is 1. The summed E-state index contributed by atoms with van der Waals surface area (Å²) in [5.74, 6) is -1.10. The quantitative estimate of drug-likeness (QED) is 0.824. The number of carbonyl (C=O) groups is 2. The Labute approximate surface area is 137 Å². The Bertz CT molecular complexity index is 529. The van der Waals surface area contributed by atoms with Crippen molar-refractivity contribution >= 4 is 39.4 Å². The number of likely N-dealkylation sites (tertiary alicyclic amines) is 1. The molecule has 1 atom stereocenters. The molecule has 1 aliphatic heterocycles. The van der Waals surface area contributed by atoms with Gasteiger partial charge in [0.2, 0.25) is 5.91 Å². The predicted octanol–water partition coefficient (Wildman–Crippen LogP) is 2.97. The average Bonchev–Trinajstić information content (AvgIpc) is 2.49. The molecule has 0 bridgehead atoms. The monoisotopic (exact) mass is 373 g/mol. The molecule has 1 aromatic rings. The molecule has 1 N–H and O–H groups in total. The predicted molar refractivity (Wildman–Crippen MR) is 84.8 cm³/mol. The average molecular weight is 375 g/mol. The topological polar surface area (TPSA) is 57.6 Å². The highest BCUT2D eigenvalue weighted by atomic mass is 79.9. The van der Waals surface area contributed by atoms with Crippen LogP contribution in [0, 0.1) is 5.92 Å². The highest BCUT2D eigenvalue weighted by Gasteiger charge is 2.29. The van der Waals surface area contributed by atoms with Gasteiger partial charge in [-0.15, -0.1) is 0 Å². The molecule has 21 heavy (non-hydrogen) atoms. The van der Waals surface area contributed by atoms with E-state index in [0.717, 1.165) is 5.56 Å². The van der Waals surface area contributed by atoms with Crippen LogP contribution in [-0.4, -0.2) is 39.8 Å². The van der Waals surface area contributed by atoms with Crippen LogP contribution < -0.4 is 0 Å². The Hall–Kier alpha value is -1.07. The SMILES string of the molecule is O=C(O)C1CCN(C(=O)C(Br)Cc2ccccc2Cl)CC1. The molecule has 4 nitrogen and oxygen atoms in total. The van der Waals surface area contributed by atoms with Crippen LogP contribution in [0.25, 0.3) is 0 Å². The number of alkyl halides is 1. The Morgan fingerprint density at radius 3 is 2.52 bits per heavy atom. The highest BCUT2D eigenvalue weighted by molar-refractivity contribution is 9.10. The Morgan fingerprint density at radius 2 is 1.95 bits per heavy atom. The molecule has 1 amide bonds. The van der Waals surface area contributed by atoms with Crippen molar-refractivity contribution in [1.82, 2.24) is 4.90 Å². The molecule has 1 saturated heterocycles. The molecule has 1 fully saturated rings. The number of halogens is 2. The van der Waals surface area contributed by atoms with Crippen molar-refractivity contribution in [2.75, 3.05) is 13.1 Å². The van der Waals surface area contributed by atoms with Crippen LogP contribution in [0.5, 0.6) is 0 Å². The number of rotatable bonds is 4. The summed E-state index contributed by atoms with van der Waals surface area (Å²) in [5.41, 5.74) is 0.926. The van der Waals surface area contributed by atoms with Gasteiger partial charge in [0.15, 0.2) is 0 Å². The van der Waals surface area contributed by atoms with E-state index < -0.39 is 5.97 Å². The van der Waals surface area contributed by atoms with Crippen LogP contribution >= 0.6 is 27.5 Å². The molecule has 114 valence electrons. The summed E-state index contributed by atoms with van der Waals surface area (Å²) in [7, 11) is 0. The van der Waals surface area contributed by atoms with Crippen LogP contribution in [0.4, 0.5) is 0 Å². The normalized spacial score (nSPS) is 17.5. The van der Waals surface area contributed by atoms with Gasteiger partial charge in [0, 0.05) is 18.1 Å². The minimum atomic E-state index is -0.770. The maximum atomic E-state index is 12.4. The summed E-state index contributed by atoms with van der Waals surface area (Å²) in [6.07, 6.45) is 1.57. The number of carbonyl (C=O) groups excluding carboxylic acids is 1. The molecule has 0 saturated carbocycles. The van der Waals surface area contributed by atoms with Crippen LogP contribution in [-0.2, 0) is 16.0 Å². The molecule has 1 heterocycles. The summed E-state index contributed by atoms with van der Waals surface area (Å²) in [6.45, 7) is 1.00. The maximum absolute atomic E-state index is 12.4. The van der Waals surface area contributed by atoms with E-state index in [1.54, 1.807) is 11.0 Å². The number of aliphatic carboxylic acids is 1. The van der Waals surface area contributed by atoms with Gasteiger partial charge in [0.05, 0.1) is 10.7 Å². The van der Waals surface area contributed by atoms with E-state index in [2.05, 4.69) is 15.9 Å². The number of carboxylic acids is 1. The summed E-state index contributed by atoms with van der Waals surface area (Å²) < 4.78 is 0. The molecule has 0 radical (unpaired) electrons. The third-order valence-electron chi connectivity index (χ3n) is 3.78. The van der Waals surface area contributed by atoms with Crippen molar-refractivity contribution in [3.63, 3.8) is 0 Å². The number of hydrogen-bond acceptors (Lipinski definition) is 2. The van der Waals surface area contributed by atoms with Crippen molar-refractivity contribution in [2.45, 2.75) is 24.1 Å². The Morgan fingerprint density at radius 1 is 1.33 bits per heavy atom. The maximum Gasteiger partial charge on any atom is 0.306 e. The number of amides is 1. The van der Waals surface area contributed by atoms with Gasteiger partial charge in [0.1, 0.15) is 0 Å². The summed E-state index contributed by atoms with van der Waals surface area (Å²) in [5, 5.41) is 9.62. The zero-order valence-electron chi connectivity index (χ0n) is 11.5. The first-order valence-corrected chi connectivity index (χ1v) is 8.17. The number of benzene rings is 1. The van der Waals surface area contributed by atoms with Crippen molar-refractivity contribution in [3.8, 4) is 0 Å². The second-order valence-electron chi connectivity index (χ2n) is 5.20. The first-order valence-electron chi connectivity index (χ1n) is 6.88. The first kappa shape index (κ1) is 16.3. The minimum Gasteiger partial charge on any atom is -0.481 e. The van der Waals surface area contributed by atoms with Crippen LogP contribution in [0.2, 0.25) is 5.02 Å². The van der Waals surface area contributed by atoms with Gasteiger partial charge in [-0.25, -0.2) is 0 Å². The first-order chi connectivity index (χ1) is 9.99. The Kier molecular flexibility index (Phi) is 5.65. The van der Waals surface area contributed by atoms with Crippen molar-refractivity contribution in [3.05, 3.63) is 34.9 Å². The third kappa shape index (κ3) is 4.20. The molecule has 1 unspecified atom stereocenters. The van der Waals surface area contributed by atoms with Gasteiger partial charge in [-0.05, 0) is 30.9 Å². The number of hydrogen-bond donors (Lipinski definition) is 1. The van der Waals surface area contributed by atoms with Crippen molar-refractivity contribution in [1.29, 1.82) is 0 Å². The van der Waals surface area contributed by atoms with Crippen molar-refractivity contribution in [2.24, 2.45) is 5.92 Å². The van der Waals surface area contributed by atoms with E-state index in [0.29, 0.717) is 37.4 Å². The number of piperidine rings is 1. The lowest BCUT2D eigenvalue weighted by Gasteiger charge is -2.31. The lowest BCUT2D eigenvalue weighted by atomic mass is 9.96. The fourth-order valence-electron chi connectivity index (χ4n) is 2.49. The van der Waals surface area contributed by atoms with E-state index in [1.165, 1.54) is 0 Å². The van der Waals surface area contributed by atoms with Gasteiger partial charge in [-0.2, -0.15) is 0 Å². The zero-order chi connectivity index (χ0) is 15.4. The lowest BCUT2D eigenvalue weighted by Crippen LogP contribution is -2.44. The molecule has 0 spiro atoms. The van der Waals surface area contributed by atoms with Gasteiger partial charge in [-0.3, -0.25) is 9.59 Å². The summed E-state index contributed by atoms with van der Waals surface area (Å²) >= 11 is 9.53. The fraction of sp³-hybridized carbons (Fsp3) is 0.467. The smallest absolute Gasteiger partial charge is 0.306 e. The standard InChI is InChI=1S/C15H17BrClNO3/c16-12(9-11-3-1-2-4-13(11)17)14(19)18-7-5-10(6-8-18)15(20)21/h1-4,10,12H,5-9H2,(H,20,21).